The van der Waals surface area contributed by atoms with Crippen molar-refractivity contribution in [3.8, 4) is 0 Å². The first-order chi connectivity index (χ1) is 9.17. The lowest BCUT2D eigenvalue weighted by molar-refractivity contribution is 0.355. The molecule has 1 aliphatic rings. The number of aromatic nitrogens is 2. The van der Waals surface area contributed by atoms with E-state index >= 15 is 0 Å². The molecule has 3 nitrogen and oxygen atoms in total. The molecule has 0 radical (unpaired) electrons. The van der Waals surface area contributed by atoms with E-state index in [0.717, 1.165) is 36.1 Å². The SMILES string of the molecule is CCNC(Cc1c(Cl)c(C)nn1CC)C1CCCC1. The summed E-state index contributed by atoms with van der Waals surface area (Å²) < 4.78 is 2.07. The maximum absolute atomic E-state index is 6.43. The third-order valence-corrected chi connectivity index (χ3v) is 4.79. The molecule has 1 fully saturated rings. The average Bonchev–Trinajstić information content (AvgIpc) is 3.01. The van der Waals surface area contributed by atoms with Gasteiger partial charge < -0.3 is 5.32 Å². The van der Waals surface area contributed by atoms with Crippen molar-refractivity contribution in [3.05, 3.63) is 16.4 Å². The van der Waals surface area contributed by atoms with E-state index in [4.69, 9.17) is 11.6 Å². The van der Waals surface area contributed by atoms with E-state index in [1.807, 2.05) is 6.92 Å². The fourth-order valence-corrected chi connectivity index (χ4v) is 3.51. The first kappa shape index (κ1) is 14.9. The first-order valence-corrected chi connectivity index (χ1v) is 8.00. The van der Waals surface area contributed by atoms with Gasteiger partial charge in [-0.1, -0.05) is 31.4 Å². The molecule has 1 N–H and O–H groups in total. The molecule has 2 rings (SSSR count). The normalized spacial score (nSPS) is 18.1. The molecule has 4 heteroatoms. The summed E-state index contributed by atoms with van der Waals surface area (Å²) in [5, 5.41) is 9.05. The molecule has 0 bridgehead atoms. The predicted octanol–water partition coefficient (Wildman–Crippen LogP) is 3.58. The van der Waals surface area contributed by atoms with Crippen LogP contribution in [0.4, 0.5) is 0 Å². The quantitative estimate of drug-likeness (QED) is 0.865. The van der Waals surface area contributed by atoms with Crippen molar-refractivity contribution in [2.75, 3.05) is 6.54 Å². The molecule has 19 heavy (non-hydrogen) atoms. The molecular formula is C15H26ClN3. The van der Waals surface area contributed by atoms with E-state index in [1.165, 1.54) is 31.4 Å². The summed E-state index contributed by atoms with van der Waals surface area (Å²) in [6, 6.07) is 0.548. The van der Waals surface area contributed by atoms with Crippen LogP contribution < -0.4 is 5.32 Å². The van der Waals surface area contributed by atoms with Crippen molar-refractivity contribution >= 4 is 11.6 Å². The number of hydrogen-bond donors (Lipinski definition) is 1. The molecule has 0 saturated heterocycles. The van der Waals surface area contributed by atoms with Gasteiger partial charge in [0.2, 0.25) is 0 Å². The van der Waals surface area contributed by atoms with Gasteiger partial charge in [0.15, 0.2) is 0 Å². The molecule has 1 saturated carbocycles. The lowest BCUT2D eigenvalue weighted by Crippen LogP contribution is -2.37. The van der Waals surface area contributed by atoms with Crippen molar-refractivity contribution < 1.29 is 0 Å². The second kappa shape index (κ2) is 6.76. The minimum atomic E-state index is 0.548. The number of nitrogens with one attached hydrogen (secondary N) is 1. The third kappa shape index (κ3) is 3.32. The Hall–Kier alpha value is -0.540. The molecule has 1 unspecified atom stereocenters. The summed E-state index contributed by atoms with van der Waals surface area (Å²) in [6.45, 7) is 8.23. The third-order valence-electron chi connectivity index (χ3n) is 4.30. The minimum absolute atomic E-state index is 0.548. The first-order valence-electron chi connectivity index (χ1n) is 7.62. The number of halogens is 1. The zero-order chi connectivity index (χ0) is 13.8. The molecule has 1 heterocycles. The topological polar surface area (TPSA) is 29.9 Å². The number of likely N-dealkylation sites (N-methyl/N-ethyl adjacent to an activating group) is 1. The van der Waals surface area contributed by atoms with Crippen LogP contribution in [0.3, 0.4) is 0 Å². The monoisotopic (exact) mass is 283 g/mol. The van der Waals surface area contributed by atoms with Crippen LogP contribution in [0.15, 0.2) is 0 Å². The van der Waals surface area contributed by atoms with Gasteiger partial charge >= 0.3 is 0 Å². The summed E-state index contributed by atoms with van der Waals surface area (Å²) >= 11 is 6.43. The van der Waals surface area contributed by atoms with Crippen LogP contribution in [0.25, 0.3) is 0 Å². The highest BCUT2D eigenvalue weighted by Gasteiger charge is 2.26. The van der Waals surface area contributed by atoms with Gasteiger partial charge in [-0.05, 0) is 39.2 Å². The van der Waals surface area contributed by atoms with Gasteiger partial charge in [-0.2, -0.15) is 5.10 Å². The minimum Gasteiger partial charge on any atom is -0.314 e. The van der Waals surface area contributed by atoms with Crippen molar-refractivity contribution in [1.82, 2.24) is 15.1 Å². The Morgan fingerprint density at radius 3 is 2.63 bits per heavy atom. The van der Waals surface area contributed by atoms with E-state index in [-0.39, 0.29) is 0 Å². The number of rotatable bonds is 6. The summed E-state index contributed by atoms with van der Waals surface area (Å²) in [5.41, 5.74) is 2.17. The Balaban J connectivity index is 2.16. The Morgan fingerprint density at radius 1 is 1.37 bits per heavy atom. The van der Waals surface area contributed by atoms with E-state index in [1.54, 1.807) is 0 Å². The molecule has 0 aromatic carbocycles. The van der Waals surface area contributed by atoms with Crippen LogP contribution in [0.1, 0.15) is 50.9 Å². The van der Waals surface area contributed by atoms with Crippen molar-refractivity contribution in [2.45, 2.75) is 65.5 Å². The summed E-state index contributed by atoms with van der Waals surface area (Å²) in [5.74, 6) is 0.802. The number of hydrogen-bond acceptors (Lipinski definition) is 2. The van der Waals surface area contributed by atoms with E-state index in [0.29, 0.717) is 6.04 Å². The second-order valence-corrected chi connectivity index (χ2v) is 5.95. The maximum Gasteiger partial charge on any atom is 0.0847 e. The van der Waals surface area contributed by atoms with Crippen LogP contribution in [-0.2, 0) is 13.0 Å². The Labute approximate surface area is 121 Å². The van der Waals surface area contributed by atoms with E-state index in [9.17, 15) is 0 Å². The highest BCUT2D eigenvalue weighted by Crippen LogP contribution is 2.31. The van der Waals surface area contributed by atoms with E-state index < -0.39 is 0 Å². The average molecular weight is 284 g/mol. The molecule has 108 valence electrons. The van der Waals surface area contributed by atoms with Gasteiger partial charge in [0, 0.05) is 19.0 Å². The van der Waals surface area contributed by atoms with E-state index in [2.05, 4.69) is 28.9 Å². The largest absolute Gasteiger partial charge is 0.314 e. The van der Waals surface area contributed by atoms with Gasteiger partial charge in [-0.15, -0.1) is 0 Å². The molecule has 0 spiro atoms. The second-order valence-electron chi connectivity index (χ2n) is 5.57. The van der Waals surface area contributed by atoms with Gasteiger partial charge in [0.1, 0.15) is 0 Å². The molecule has 1 aromatic heterocycles. The van der Waals surface area contributed by atoms with Gasteiger partial charge in [0.05, 0.1) is 16.4 Å². The smallest absolute Gasteiger partial charge is 0.0847 e. The standard InChI is InChI=1S/C15H26ClN3/c1-4-17-13(12-8-6-7-9-12)10-14-15(16)11(3)18-19(14)5-2/h12-13,17H,4-10H2,1-3H3. The van der Waals surface area contributed by atoms with Crippen molar-refractivity contribution in [2.24, 2.45) is 5.92 Å². The van der Waals surface area contributed by atoms with Gasteiger partial charge in [0.25, 0.3) is 0 Å². The lowest BCUT2D eigenvalue weighted by atomic mass is 9.94. The zero-order valence-electron chi connectivity index (χ0n) is 12.4. The Kier molecular flexibility index (Phi) is 5.28. The predicted molar refractivity (Wildman–Crippen MR) is 80.8 cm³/mol. The Morgan fingerprint density at radius 2 is 2.05 bits per heavy atom. The number of nitrogens with zero attached hydrogens (tertiary/aromatic N) is 2. The molecule has 1 atom stereocenters. The molecular weight excluding hydrogens is 258 g/mol. The summed E-state index contributed by atoms with van der Waals surface area (Å²) in [7, 11) is 0. The highest BCUT2D eigenvalue weighted by atomic mass is 35.5. The highest BCUT2D eigenvalue weighted by molar-refractivity contribution is 6.31. The molecule has 0 aliphatic heterocycles. The lowest BCUT2D eigenvalue weighted by Gasteiger charge is -2.24. The van der Waals surface area contributed by atoms with Crippen molar-refractivity contribution in [1.29, 1.82) is 0 Å². The molecule has 0 amide bonds. The zero-order valence-corrected chi connectivity index (χ0v) is 13.1. The maximum atomic E-state index is 6.43. The van der Waals surface area contributed by atoms with Crippen molar-refractivity contribution in [3.63, 3.8) is 0 Å². The summed E-state index contributed by atoms with van der Waals surface area (Å²) in [4.78, 5) is 0. The van der Waals surface area contributed by atoms with Gasteiger partial charge in [-0.3, -0.25) is 4.68 Å². The van der Waals surface area contributed by atoms with Crippen LogP contribution in [-0.4, -0.2) is 22.4 Å². The Bertz CT molecular complexity index is 408. The van der Waals surface area contributed by atoms with Gasteiger partial charge in [-0.25, -0.2) is 0 Å². The number of aryl methyl sites for hydroxylation is 2. The van der Waals surface area contributed by atoms with Crippen LogP contribution in [0, 0.1) is 12.8 Å². The molecule has 1 aromatic rings. The van der Waals surface area contributed by atoms with Crippen LogP contribution in [0.5, 0.6) is 0 Å². The van der Waals surface area contributed by atoms with Crippen LogP contribution >= 0.6 is 11.6 Å². The summed E-state index contributed by atoms with van der Waals surface area (Å²) in [6.07, 6.45) is 6.48. The fraction of sp³-hybridized carbons (Fsp3) is 0.800. The molecule has 1 aliphatic carbocycles. The van der Waals surface area contributed by atoms with Crippen LogP contribution in [0.2, 0.25) is 5.02 Å². The fourth-order valence-electron chi connectivity index (χ4n) is 3.30.